The van der Waals surface area contributed by atoms with Gasteiger partial charge in [-0.25, -0.2) is 0 Å². The highest BCUT2D eigenvalue weighted by atomic mass is 16.2. The molecule has 2 heterocycles. The first-order valence-corrected chi connectivity index (χ1v) is 6.54. The van der Waals surface area contributed by atoms with Gasteiger partial charge in [-0.05, 0) is 39.2 Å². The van der Waals surface area contributed by atoms with Crippen LogP contribution < -0.4 is 0 Å². The molecule has 1 amide bonds. The summed E-state index contributed by atoms with van der Waals surface area (Å²) in [5.74, 6) is 0.240. The first-order valence-electron chi connectivity index (χ1n) is 6.54. The highest BCUT2D eigenvalue weighted by Gasteiger charge is 2.32. The van der Waals surface area contributed by atoms with Crippen LogP contribution in [-0.4, -0.2) is 48.4 Å². The molecule has 2 aliphatic heterocycles. The summed E-state index contributed by atoms with van der Waals surface area (Å²) in [6, 6.07) is 2.39. The minimum absolute atomic E-state index is 0.240. The lowest BCUT2D eigenvalue weighted by Crippen LogP contribution is -2.46. The van der Waals surface area contributed by atoms with Gasteiger partial charge in [0.25, 0.3) is 0 Å². The van der Waals surface area contributed by atoms with E-state index in [9.17, 15) is 4.79 Å². The van der Waals surface area contributed by atoms with Crippen molar-refractivity contribution in [3.63, 3.8) is 0 Å². The second kappa shape index (κ2) is 5.05. The summed E-state index contributed by atoms with van der Waals surface area (Å²) in [7, 11) is 0. The monoisotopic (exact) mass is 235 g/mol. The number of nitrogens with zero attached hydrogens (tertiary/aromatic N) is 3. The van der Waals surface area contributed by atoms with E-state index in [0.717, 1.165) is 51.9 Å². The van der Waals surface area contributed by atoms with Crippen molar-refractivity contribution >= 4 is 5.91 Å². The smallest absolute Gasteiger partial charge is 0.236 e. The first-order chi connectivity index (χ1) is 8.13. The molecule has 2 saturated heterocycles. The van der Waals surface area contributed by atoms with Crippen molar-refractivity contribution in [2.75, 3.05) is 32.7 Å². The molecule has 0 aliphatic carbocycles. The molecule has 0 aromatic heterocycles. The van der Waals surface area contributed by atoms with Crippen LogP contribution >= 0.6 is 0 Å². The number of nitriles is 1. The van der Waals surface area contributed by atoms with E-state index in [-0.39, 0.29) is 11.3 Å². The Kier molecular flexibility index (Phi) is 3.68. The van der Waals surface area contributed by atoms with Crippen LogP contribution in [0.5, 0.6) is 0 Å². The van der Waals surface area contributed by atoms with Crippen LogP contribution in [0.3, 0.4) is 0 Å². The molecule has 1 unspecified atom stereocenters. The lowest BCUT2D eigenvalue weighted by Gasteiger charge is -2.36. The fourth-order valence-electron chi connectivity index (χ4n) is 2.83. The molecule has 2 fully saturated rings. The van der Waals surface area contributed by atoms with Gasteiger partial charge in [-0.3, -0.25) is 9.69 Å². The molecule has 4 nitrogen and oxygen atoms in total. The average molecular weight is 235 g/mol. The molecule has 0 bridgehead atoms. The summed E-state index contributed by atoms with van der Waals surface area (Å²) in [6.07, 6.45) is 4.26. The van der Waals surface area contributed by atoms with E-state index in [0.29, 0.717) is 6.54 Å². The molecule has 17 heavy (non-hydrogen) atoms. The van der Waals surface area contributed by atoms with Crippen molar-refractivity contribution in [3.05, 3.63) is 0 Å². The summed E-state index contributed by atoms with van der Waals surface area (Å²) in [5, 5.41) is 9.14. The molecule has 2 rings (SSSR count). The van der Waals surface area contributed by atoms with Crippen molar-refractivity contribution < 1.29 is 4.79 Å². The summed E-state index contributed by atoms with van der Waals surface area (Å²) in [4.78, 5) is 16.1. The lowest BCUT2D eigenvalue weighted by molar-refractivity contribution is -0.131. The number of carbonyl (C=O) groups excluding carboxylic acids is 1. The molecule has 0 saturated carbocycles. The van der Waals surface area contributed by atoms with E-state index < -0.39 is 0 Å². The van der Waals surface area contributed by atoms with E-state index >= 15 is 0 Å². The zero-order valence-corrected chi connectivity index (χ0v) is 10.6. The Morgan fingerprint density at radius 1 is 1.29 bits per heavy atom. The van der Waals surface area contributed by atoms with Gasteiger partial charge >= 0.3 is 0 Å². The van der Waals surface area contributed by atoms with Crippen LogP contribution in [0.15, 0.2) is 0 Å². The third-order valence-electron chi connectivity index (χ3n) is 3.86. The largest absolute Gasteiger partial charge is 0.342 e. The van der Waals surface area contributed by atoms with E-state index in [1.54, 1.807) is 0 Å². The van der Waals surface area contributed by atoms with Gasteiger partial charge in [-0.1, -0.05) is 0 Å². The predicted molar refractivity (Wildman–Crippen MR) is 65.2 cm³/mol. The zero-order valence-electron chi connectivity index (χ0n) is 10.6. The van der Waals surface area contributed by atoms with Crippen molar-refractivity contribution in [1.29, 1.82) is 5.26 Å². The zero-order chi connectivity index (χ0) is 12.3. The number of carbonyl (C=O) groups is 1. The second-order valence-electron chi connectivity index (χ2n) is 5.57. The Morgan fingerprint density at radius 2 is 2.00 bits per heavy atom. The fourth-order valence-corrected chi connectivity index (χ4v) is 2.83. The molecule has 4 heteroatoms. The number of hydrogen-bond donors (Lipinski definition) is 0. The molecule has 0 radical (unpaired) electrons. The number of piperidine rings is 1. The van der Waals surface area contributed by atoms with Gasteiger partial charge in [0.15, 0.2) is 0 Å². The molecule has 94 valence electrons. The number of amides is 1. The Balaban J connectivity index is 1.86. The van der Waals surface area contributed by atoms with Crippen LogP contribution in [0.25, 0.3) is 0 Å². The van der Waals surface area contributed by atoms with Gasteiger partial charge in [0, 0.05) is 19.6 Å². The van der Waals surface area contributed by atoms with Crippen molar-refractivity contribution in [2.24, 2.45) is 5.41 Å². The third-order valence-corrected chi connectivity index (χ3v) is 3.86. The molecular formula is C13H21N3O. The summed E-state index contributed by atoms with van der Waals surface area (Å²) >= 11 is 0. The Bertz CT molecular complexity index is 330. The van der Waals surface area contributed by atoms with Gasteiger partial charge in [-0.2, -0.15) is 5.26 Å². The maximum absolute atomic E-state index is 12.0. The van der Waals surface area contributed by atoms with Gasteiger partial charge in [0.05, 0.1) is 18.0 Å². The van der Waals surface area contributed by atoms with Crippen LogP contribution in [0.4, 0.5) is 0 Å². The Labute approximate surface area is 103 Å². The van der Waals surface area contributed by atoms with Crippen LogP contribution in [0.1, 0.15) is 32.6 Å². The fraction of sp³-hybridized carbons (Fsp3) is 0.846. The number of rotatable bonds is 2. The second-order valence-corrected chi connectivity index (χ2v) is 5.57. The van der Waals surface area contributed by atoms with Gasteiger partial charge in [-0.15, -0.1) is 0 Å². The standard InChI is InChI=1S/C13H21N3O/c1-13(10-14)5-4-6-15(11-13)9-12(17)16-7-2-3-8-16/h2-9,11H2,1H3. The summed E-state index contributed by atoms with van der Waals surface area (Å²) in [6.45, 7) is 6.03. The minimum atomic E-state index is -0.260. The molecule has 1 atom stereocenters. The highest BCUT2D eigenvalue weighted by molar-refractivity contribution is 5.78. The third kappa shape index (κ3) is 2.98. The first kappa shape index (κ1) is 12.4. The quantitative estimate of drug-likeness (QED) is 0.723. The molecule has 0 spiro atoms. The molecule has 0 aromatic rings. The van der Waals surface area contributed by atoms with E-state index in [2.05, 4.69) is 11.0 Å². The lowest BCUT2D eigenvalue weighted by atomic mass is 9.83. The average Bonchev–Trinajstić information content (AvgIpc) is 2.82. The highest BCUT2D eigenvalue weighted by Crippen LogP contribution is 2.28. The van der Waals surface area contributed by atoms with Gasteiger partial charge in [0.1, 0.15) is 0 Å². The minimum Gasteiger partial charge on any atom is -0.342 e. The SMILES string of the molecule is CC1(C#N)CCCN(CC(=O)N2CCCC2)C1. The van der Waals surface area contributed by atoms with Gasteiger partial charge in [0.2, 0.25) is 5.91 Å². The molecule has 0 N–H and O–H groups in total. The summed E-state index contributed by atoms with van der Waals surface area (Å²) in [5.41, 5.74) is -0.260. The molecule has 0 aromatic carbocycles. The Hall–Kier alpha value is -1.08. The van der Waals surface area contributed by atoms with Crippen LogP contribution in [-0.2, 0) is 4.79 Å². The number of likely N-dealkylation sites (tertiary alicyclic amines) is 2. The topological polar surface area (TPSA) is 47.3 Å². The van der Waals surface area contributed by atoms with Crippen molar-refractivity contribution in [2.45, 2.75) is 32.6 Å². The van der Waals surface area contributed by atoms with Gasteiger partial charge < -0.3 is 4.90 Å². The Morgan fingerprint density at radius 3 is 2.65 bits per heavy atom. The predicted octanol–water partition coefficient (Wildman–Crippen LogP) is 1.23. The maximum Gasteiger partial charge on any atom is 0.236 e. The summed E-state index contributed by atoms with van der Waals surface area (Å²) < 4.78 is 0. The van der Waals surface area contributed by atoms with Crippen LogP contribution in [0, 0.1) is 16.7 Å². The molecule has 2 aliphatic rings. The normalized spacial score (nSPS) is 30.2. The van der Waals surface area contributed by atoms with E-state index in [4.69, 9.17) is 5.26 Å². The van der Waals surface area contributed by atoms with Crippen molar-refractivity contribution in [1.82, 2.24) is 9.80 Å². The van der Waals surface area contributed by atoms with Crippen molar-refractivity contribution in [3.8, 4) is 6.07 Å². The number of hydrogen-bond acceptors (Lipinski definition) is 3. The van der Waals surface area contributed by atoms with E-state index in [1.807, 2.05) is 11.8 Å². The molecular weight excluding hydrogens is 214 g/mol. The van der Waals surface area contributed by atoms with Crippen LogP contribution in [0.2, 0.25) is 0 Å². The maximum atomic E-state index is 12.0. The van der Waals surface area contributed by atoms with E-state index in [1.165, 1.54) is 0 Å².